The van der Waals surface area contributed by atoms with Crippen molar-refractivity contribution in [2.75, 3.05) is 13.1 Å². The number of nitrogens with zero attached hydrogens (tertiary/aromatic N) is 1. The van der Waals surface area contributed by atoms with Crippen molar-refractivity contribution in [3.8, 4) is 0 Å². The second kappa shape index (κ2) is 6.93. The Morgan fingerprint density at radius 2 is 1.95 bits per heavy atom. The summed E-state index contributed by atoms with van der Waals surface area (Å²) in [6.45, 7) is 5.86. The highest BCUT2D eigenvalue weighted by atomic mass is 19.4. The summed E-state index contributed by atoms with van der Waals surface area (Å²) in [4.78, 5) is 13.8. The van der Waals surface area contributed by atoms with Crippen molar-refractivity contribution in [1.82, 2.24) is 4.90 Å². The van der Waals surface area contributed by atoms with Crippen molar-refractivity contribution in [3.05, 3.63) is 35.4 Å². The fourth-order valence-electron chi connectivity index (χ4n) is 2.16. The van der Waals surface area contributed by atoms with Gasteiger partial charge >= 0.3 is 6.18 Å². The normalized spacial score (nSPS) is 14.6. The van der Waals surface area contributed by atoms with Crippen molar-refractivity contribution < 1.29 is 18.0 Å². The summed E-state index contributed by atoms with van der Waals surface area (Å²) < 4.78 is 38.3. The van der Waals surface area contributed by atoms with Gasteiger partial charge in [0.05, 0.1) is 11.6 Å². The first-order valence-corrected chi connectivity index (χ1v) is 6.90. The van der Waals surface area contributed by atoms with E-state index in [-0.39, 0.29) is 18.4 Å². The zero-order chi connectivity index (χ0) is 16.2. The second-order valence-corrected chi connectivity index (χ2v) is 5.06. The van der Waals surface area contributed by atoms with E-state index in [0.717, 1.165) is 12.1 Å². The van der Waals surface area contributed by atoms with Gasteiger partial charge in [0, 0.05) is 19.0 Å². The zero-order valence-electron chi connectivity index (χ0n) is 12.4. The molecule has 118 valence electrons. The molecule has 0 aromatic heterocycles. The van der Waals surface area contributed by atoms with Gasteiger partial charge < -0.3 is 10.6 Å². The number of benzene rings is 1. The Balaban J connectivity index is 3.06. The first-order chi connectivity index (χ1) is 9.72. The lowest BCUT2D eigenvalue weighted by Crippen LogP contribution is -2.39. The molecule has 0 saturated carbocycles. The minimum atomic E-state index is -4.39. The minimum absolute atomic E-state index is 0.148. The van der Waals surface area contributed by atoms with E-state index in [1.807, 2.05) is 0 Å². The van der Waals surface area contributed by atoms with Crippen LogP contribution in [0.3, 0.4) is 0 Å². The molecule has 0 bridgehead atoms. The van der Waals surface area contributed by atoms with Gasteiger partial charge in [-0.1, -0.05) is 19.1 Å². The number of hydrogen-bond acceptors (Lipinski definition) is 2. The Labute approximate surface area is 122 Å². The van der Waals surface area contributed by atoms with E-state index in [1.165, 1.54) is 6.07 Å². The molecule has 0 heterocycles. The number of carbonyl (C=O) groups excluding carboxylic acids is 1. The van der Waals surface area contributed by atoms with Crippen molar-refractivity contribution in [2.45, 2.75) is 33.0 Å². The maximum absolute atomic E-state index is 12.8. The van der Waals surface area contributed by atoms with Crippen LogP contribution in [0.2, 0.25) is 0 Å². The summed E-state index contributed by atoms with van der Waals surface area (Å²) in [5.41, 5.74) is 5.25. The van der Waals surface area contributed by atoms with Gasteiger partial charge in [0.2, 0.25) is 5.91 Å². The Morgan fingerprint density at radius 1 is 1.33 bits per heavy atom. The average molecular weight is 302 g/mol. The summed E-state index contributed by atoms with van der Waals surface area (Å²) in [7, 11) is 0. The number of halogens is 3. The van der Waals surface area contributed by atoms with Crippen LogP contribution in [0.1, 0.15) is 37.9 Å². The summed E-state index contributed by atoms with van der Waals surface area (Å²) >= 11 is 0. The lowest BCUT2D eigenvalue weighted by atomic mass is 10.0. The van der Waals surface area contributed by atoms with E-state index in [0.29, 0.717) is 12.1 Å². The Bertz CT molecular complexity index is 488. The maximum atomic E-state index is 12.8. The summed E-state index contributed by atoms with van der Waals surface area (Å²) in [6, 6.07) is 4.64. The molecule has 0 aliphatic rings. The molecule has 2 atom stereocenters. The van der Waals surface area contributed by atoms with Crippen molar-refractivity contribution >= 4 is 5.91 Å². The molecule has 0 aliphatic heterocycles. The third-order valence-electron chi connectivity index (χ3n) is 3.56. The highest BCUT2D eigenvalue weighted by Crippen LogP contribution is 2.32. The number of nitrogens with two attached hydrogens (primary N) is 1. The number of alkyl halides is 3. The van der Waals surface area contributed by atoms with Crippen LogP contribution in [0.5, 0.6) is 0 Å². The first kappa shape index (κ1) is 17.5. The molecule has 3 nitrogen and oxygen atoms in total. The highest BCUT2D eigenvalue weighted by Gasteiger charge is 2.31. The Hall–Kier alpha value is -1.56. The monoisotopic (exact) mass is 302 g/mol. The standard InChI is InChI=1S/C15H21F3N2O/c1-4-20(14(21)10(2)9-19)11(3)12-6-5-7-13(8-12)15(16,17)18/h5-8,10-11H,4,9,19H2,1-3H3. The van der Waals surface area contributed by atoms with Gasteiger partial charge in [-0.15, -0.1) is 0 Å². The molecule has 1 aromatic carbocycles. The second-order valence-electron chi connectivity index (χ2n) is 5.06. The molecule has 0 radical (unpaired) electrons. The molecule has 0 saturated heterocycles. The van der Waals surface area contributed by atoms with Gasteiger partial charge in [0.15, 0.2) is 0 Å². The van der Waals surface area contributed by atoms with Gasteiger partial charge in [-0.05, 0) is 31.5 Å². The Kier molecular flexibility index (Phi) is 5.78. The van der Waals surface area contributed by atoms with Crippen LogP contribution >= 0.6 is 0 Å². The maximum Gasteiger partial charge on any atom is 0.416 e. The SMILES string of the molecule is CCN(C(=O)C(C)CN)C(C)c1cccc(C(F)(F)F)c1. The predicted octanol–water partition coefficient (Wildman–Crippen LogP) is 3.21. The van der Waals surface area contributed by atoms with E-state index >= 15 is 0 Å². The van der Waals surface area contributed by atoms with Crippen LogP contribution in [0, 0.1) is 5.92 Å². The summed E-state index contributed by atoms with van der Waals surface area (Å²) in [6.07, 6.45) is -4.39. The molecule has 1 rings (SSSR count). The number of hydrogen-bond donors (Lipinski definition) is 1. The van der Waals surface area contributed by atoms with Crippen LogP contribution in [0.4, 0.5) is 13.2 Å². The largest absolute Gasteiger partial charge is 0.416 e. The molecule has 0 spiro atoms. The lowest BCUT2D eigenvalue weighted by molar-refractivity contribution is -0.137. The van der Waals surface area contributed by atoms with Crippen molar-refractivity contribution in [2.24, 2.45) is 11.7 Å². The number of amides is 1. The molecule has 1 amide bonds. The quantitative estimate of drug-likeness (QED) is 0.908. The van der Waals surface area contributed by atoms with Gasteiger partial charge in [0.1, 0.15) is 0 Å². The summed E-state index contributed by atoms with van der Waals surface area (Å²) in [5, 5.41) is 0. The molecule has 0 aliphatic carbocycles. The molecular weight excluding hydrogens is 281 g/mol. The molecule has 1 aromatic rings. The molecule has 6 heteroatoms. The number of rotatable bonds is 5. The van der Waals surface area contributed by atoms with E-state index in [9.17, 15) is 18.0 Å². The van der Waals surface area contributed by atoms with Gasteiger partial charge in [-0.25, -0.2) is 0 Å². The fraction of sp³-hybridized carbons (Fsp3) is 0.533. The topological polar surface area (TPSA) is 46.3 Å². The van der Waals surface area contributed by atoms with Gasteiger partial charge in [-0.3, -0.25) is 4.79 Å². The van der Waals surface area contributed by atoms with Crippen LogP contribution in [-0.2, 0) is 11.0 Å². The van der Waals surface area contributed by atoms with E-state index in [1.54, 1.807) is 31.7 Å². The molecule has 21 heavy (non-hydrogen) atoms. The van der Waals surface area contributed by atoms with E-state index < -0.39 is 17.8 Å². The van der Waals surface area contributed by atoms with Crippen LogP contribution in [0.25, 0.3) is 0 Å². The molecule has 0 fully saturated rings. The molecular formula is C15H21F3N2O. The molecule has 2 unspecified atom stereocenters. The van der Waals surface area contributed by atoms with Crippen LogP contribution in [0.15, 0.2) is 24.3 Å². The smallest absolute Gasteiger partial charge is 0.336 e. The zero-order valence-corrected chi connectivity index (χ0v) is 12.4. The number of carbonyl (C=O) groups is 1. The van der Waals surface area contributed by atoms with Crippen LogP contribution < -0.4 is 5.73 Å². The fourth-order valence-corrected chi connectivity index (χ4v) is 2.16. The van der Waals surface area contributed by atoms with Gasteiger partial charge in [0.25, 0.3) is 0 Å². The van der Waals surface area contributed by atoms with Crippen molar-refractivity contribution in [3.63, 3.8) is 0 Å². The lowest BCUT2D eigenvalue weighted by Gasteiger charge is -2.31. The minimum Gasteiger partial charge on any atom is -0.336 e. The summed E-state index contributed by atoms with van der Waals surface area (Å²) in [5.74, 6) is -0.497. The van der Waals surface area contributed by atoms with Gasteiger partial charge in [-0.2, -0.15) is 13.2 Å². The first-order valence-electron chi connectivity index (χ1n) is 6.90. The van der Waals surface area contributed by atoms with Crippen molar-refractivity contribution in [1.29, 1.82) is 0 Å². The highest BCUT2D eigenvalue weighted by molar-refractivity contribution is 5.79. The van der Waals surface area contributed by atoms with E-state index in [4.69, 9.17) is 5.73 Å². The average Bonchev–Trinajstić information content (AvgIpc) is 2.46. The third-order valence-corrected chi connectivity index (χ3v) is 3.56. The Morgan fingerprint density at radius 3 is 2.43 bits per heavy atom. The predicted molar refractivity (Wildman–Crippen MR) is 75.5 cm³/mol. The van der Waals surface area contributed by atoms with E-state index in [2.05, 4.69) is 0 Å². The third kappa shape index (κ3) is 4.20. The molecule has 2 N–H and O–H groups in total. The van der Waals surface area contributed by atoms with Crippen LogP contribution in [-0.4, -0.2) is 23.9 Å².